The highest BCUT2D eigenvalue weighted by Gasteiger charge is 2.33. The molecule has 5 nitrogen and oxygen atoms in total. The first-order valence-electron chi connectivity index (χ1n) is 6.25. The Hall–Kier alpha value is -1.78. The number of carbonyl (C=O) groups is 1. The number of esters is 1. The zero-order chi connectivity index (χ0) is 13.2. The van der Waals surface area contributed by atoms with E-state index < -0.39 is 0 Å². The molecule has 0 saturated heterocycles. The van der Waals surface area contributed by atoms with Gasteiger partial charge in [-0.2, -0.15) is 0 Å². The zero-order valence-electron chi connectivity index (χ0n) is 10.8. The van der Waals surface area contributed by atoms with Crippen molar-refractivity contribution in [1.82, 2.24) is 4.98 Å². The normalized spacial score (nSPS) is 16.8. The molecule has 0 bridgehead atoms. The lowest BCUT2D eigenvalue weighted by Crippen LogP contribution is -2.42. The molecule has 1 heterocycles. The second-order valence-electron chi connectivity index (χ2n) is 4.92. The summed E-state index contributed by atoms with van der Waals surface area (Å²) in [6, 6.07) is 1.61. The van der Waals surface area contributed by atoms with Crippen LogP contribution >= 0.6 is 0 Å². The summed E-state index contributed by atoms with van der Waals surface area (Å²) in [5.74, 6) is 0.174. The second kappa shape index (κ2) is 4.84. The molecular weight excluding hydrogens is 230 g/mol. The molecule has 0 amide bonds. The van der Waals surface area contributed by atoms with E-state index in [4.69, 9.17) is 10.5 Å². The van der Waals surface area contributed by atoms with Crippen molar-refractivity contribution in [2.24, 2.45) is 0 Å². The largest absolute Gasteiger partial charge is 0.462 e. The van der Waals surface area contributed by atoms with E-state index in [9.17, 15) is 4.79 Å². The monoisotopic (exact) mass is 249 g/mol. The lowest BCUT2D eigenvalue weighted by molar-refractivity contribution is 0.0527. The number of ether oxygens (including phenoxy) is 1. The molecule has 1 aliphatic carbocycles. The summed E-state index contributed by atoms with van der Waals surface area (Å²) in [5, 5.41) is 3.32. The van der Waals surface area contributed by atoms with Crippen molar-refractivity contribution in [3.63, 3.8) is 0 Å². The third-order valence-electron chi connectivity index (χ3n) is 3.28. The van der Waals surface area contributed by atoms with Gasteiger partial charge in [0.1, 0.15) is 11.4 Å². The highest BCUT2D eigenvalue weighted by molar-refractivity contribution is 5.95. The second-order valence-corrected chi connectivity index (χ2v) is 4.92. The third kappa shape index (κ3) is 2.55. The minimum absolute atomic E-state index is 0.0321. The van der Waals surface area contributed by atoms with Gasteiger partial charge in [-0.3, -0.25) is 0 Å². The lowest BCUT2D eigenvalue weighted by atomic mass is 9.78. The van der Waals surface area contributed by atoms with Crippen LogP contribution in [0.25, 0.3) is 0 Å². The predicted molar refractivity (Wildman–Crippen MR) is 70.5 cm³/mol. The topological polar surface area (TPSA) is 77.2 Å². The summed E-state index contributed by atoms with van der Waals surface area (Å²) < 4.78 is 5.02. The fraction of sp³-hybridized carbons (Fsp3) is 0.538. The van der Waals surface area contributed by atoms with Crippen LogP contribution in [0.5, 0.6) is 0 Å². The van der Waals surface area contributed by atoms with Crippen LogP contribution in [0.15, 0.2) is 12.3 Å². The van der Waals surface area contributed by atoms with Gasteiger partial charge in [0.15, 0.2) is 0 Å². The maximum Gasteiger partial charge on any atom is 0.341 e. The molecule has 1 aromatic rings. The fourth-order valence-corrected chi connectivity index (χ4v) is 2.06. The van der Waals surface area contributed by atoms with Crippen LogP contribution in [-0.4, -0.2) is 23.1 Å². The Morgan fingerprint density at radius 2 is 2.33 bits per heavy atom. The highest BCUT2D eigenvalue weighted by Crippen LogP contribution is 2.35. The van der Waals surface area contributed by atoms with Crippen LogP contribution in [0.2, 0.25) is 0 Å². The molecule has 0 aromatic carbocycles. The number of nitrogen functional groups attached to an aromatic ring is 1. The van der Waals surface area contributed by atoms with Crippen molar-refractivity contribution in [3.05, 3.63) is 17.8 Å². The number of nitrogens with two attached hydrogens (primary N) is 1. The van der Waals surface area contributed by atoms with E-state index in [-0.39, 0.29) is 11.5 Å². The minimum atomic E-state index is -0.386. The molecule has 0 aliphatic heterocycles. The number of carbonyl (C=O) groups excluding carboxylic acids is 1. The maximum atomic E-state index is 11.9. The van der Waals surface area contributed by atoms with Gasteiger partial charge in [-0.15, -0.1) is 0 Å². The van der Waals surface area contributed by atoms with Gasteiger partial charge in [0.05, 0.1) is 18.5 Å². The van der Waals surface area contributed by atoms with Crippen LogP contribution in [-0.2, 0) is 4.74 Å². The minimum Gasteiger partial charge on any atom is -0.462 e. The number of hydrogen-bond acceptors (Lipinski definition) is 5. The number of anilines is 2. The van der Waals surface area contributed by atoms with E-state index in [1.807, 2.05) is 0 Å². The van der Waals surface area contributed by atoms with Gasteiger partial charge in [-0.05, 0) is 39.2 Å². The van der Waals surface area contributed by atoms with Gasteiger partial charge >= 0.3 is 5.97 Å². The standard InChI is InChI=1S/C13H19N3O2/c1-3-18-12(17)10-7-9(14)8-15-11(10)16-13(2)5-4-6-13/h7-8H,3-6,14H2,1-2H3,(H,15,16). The first-order valence-corrected chi connectivity index (χ1v) is 6.25. The maximum absolute atomic E-state index is 11.9. The first kappa shape index (κ1) is 12.7. The molecule has 1 aromatic heterocycles. The number of nitrogens with zero attached hydrogens (tertiary/aromatic N) is 1. The third-order valence-corrected chi connectivity index (χ3v) is 3.28. The van der Waals surface area contributed by atoms with E-state index in [0.29, 0.717) is 23.7 Å². The summed E-state index contributed by atoms with van der Waals surface area (Å²) in [7, 11) is 0. The Morgan fingerprint density at radius 3 is 2.89 bits per heavy atom. The molecule has 0 spiro atoms. The molecule has 0 unspecified atom stereocenters. The summed E-state index contributed by atoms with van der Waals surface area (Å²) in [6.07, 6.45) is 4.92. The Bertz CT molecular complexity index is 456. The quantitative estimate of drug-likeness (QED) is 0.800. The van der Waals surface area contributed by atoms with E-state index in [1.54, 1.807) is 19.2 Å². The average Bonchev–Trinajstić information content (AvgIpc) is 2.29. The van der Waals surface area contributed by atoms with E-state index in [2.05, 4.69) is 17.2 Å². The van der Waals surface area contributed by atoms with Crippen molar-refractivity contribution < 1.29 is 9.53 Å². The summed E-state index contributed by atoms with van der Waals surface area (Å²) in [6.45, 7) is 4.24. The Labute approximate surface area is 107 Å². The number of hydrogen-bond donors (Lipinski definition) is 2. The number of rotatable bonds is 4. The lowest BCUT2D eigenvalue weighted by Gasteiger charge is -2.39. The predicted octanol–water partition coefficient (Wildman–Crippen LogP) is 2.20. The molecule has 1 fully saturated rings. The van der Waals surface area contributed by atoms with Gasteiger partial charge in [0.2, 0.25) is 0 Å². The van der Waals surface area contributed by atoms with Gasteiger partial charge in [-0.1, -0.05) is 0 Å². The van der Waals surface area contributed by atoms with Gasteiger partial charge in [0.25, 0.3) is 0 Å². The van der Waals surface area contributed by atoms with Crippen molar-refractivity contribution in [2.75, 3.05) is 17.7 Å². The van der Waals surface area contributed by atoms with Crippen molar-refractivity contribution in [3.8, 4) is 0 Å². The smallest absolute Gasteiger partial charge is 0.341 e. The van der Waals surface area contributed by atoms with E-state index in [0.717, 1.165) is 12.8 Å². The van der Waals surface area contributed by atoms with Crippen molar-refractivity contribution in [1.29, 1.82) is 0 Å². The molecule has 0 atom stereocenters. The van der Waals surface area contributed by atoms with Crippen molar-refractivity contribution >= 4 is 17.5 Å². The van der Waals surface area contributed by atoms with Crippen LogP contribution in [0.3, 0.4) is 0 Å². The molecule has 18 heavy (non-hydrogen) atoms. The van der Waals surface area contributed by atoms with Gasteiger partial charge in [-0.25, -0.2) is 9.78 Å². The van der Waals surface area contributed by atoms with E-state index in [1.165, 1.54) is 6.42 Å². The van der Waals surface area contributed by atoms with Crippen molar-refractivity contribution in [2.45, 2.75) is 38.6 Å². The number of nitrogens with one attached hydrogen (secondary N) is 1. The SMILES string of the molecule is CCOC(=O)c1cc(N)cnc1NC1(C)CCC1. The van der Waals surface area contributed by atoms with Crippen LogP contribution in [0.4, 0.5) is 11.5 Å². The highest BCUT2D eigenvalue weighted by atomic mass is 16.5. The molecule has 1 aliphatic rings. The fourth-order valence-electron chi connectivity index (χ4n) is 2.06. The molecule has 98 valence electrons. The summed E-state index contributed by atoms with van der Waals surface area (Å²) in [4.78, 5) is 16.1. The Balaban J connectivity index is 2.25. The Morgan fingerprint density at radius 1 is 1.61 bits per heavy atom. The Kier molecular flexibility index (Phi) is 3.41. The van der Waals surface area contributed by atoms with Crippen LogP contribution in [0.1, 0.15) is 43.5 Å². The summed E-state index contributed by atoms with van der Waals surface area (Å²) >= 11 is 0. The first-order chi connectivity index (χ1) is 8.54. The van der Waals surface area contributed by atoms with Crippen LogP contribution < -0.4 is 11.1 Å². The molecule has 0 radical (unpaired) electrons. The van der Waals surface area contributed by atoms with E-state index >= 15 is 0 Å². The van der Waals surface area contributed by atoms with Gasteiger partial charge in [0, 0.05) is 5.54 Å². The molecule has 3 N–H and O–H groups in total. The number of pyridine rings is 1. The molecule has 2 rings (SSSR count). The van der Waals surface area contributed by atoms with Gasteiger partial charge < -0.3 is 15.8 Å². The summed E-state index contributed by atoms with van der Waals surface area (Å²) in [5.41, 5.74) is 6.57. The zero-order valence-corrected chi connectivity index (χ0v) is 10.8. The molecule has 1 saturated carbocycles. The number of aromatic nitrogens is 1. The molecule has 5 heteroatoms. The molecular formula is C13H19N3O2. The average molecular weight is 249 g/mol. The van der Waals surface area contributed by atoms with Crippen LogP contribution in [0, 0.1) is 0 Å².